The molecule has 0 spiro atoms. The van der Waals surface area contributed by atoms with E-state index in [0.717, 1.165) is 31.9 Å². The lowest BCUT2D eigenvalue weighted by Gasteiger charge is -2.60. The molecule has 9 nitrogen and oxygen atoms in total. The Morgan fingerprint density at radius 3 is 2.41 bits per heavy atom. The molecular weight excluding hydrogens is 452 g/mol. The molecule has 10 heteroatoms. The van der Waals surface area contributed by atoms with Gasteiger partial charge < -0.3 is 20.3 Å². The van der Waals surface area contributed by atoms with E-state index in [9.17, 15) is 0 Å². The molecule has 0 saturated carbocycles. The SMILES string of the molecule is CCN1CCCC1CN1C(N)N(c2ccc(OC)c(Cl)c2)C(N)N(C2CN3CCC2CC3)C1N. The zero-order valence-corrected chi connectivity index (χ0v) is 21.3. The minimum atomic E-state index is -0.453. The van der Waals surface area contributed by atoms with Gasteiger partial charge in [0, 0.05) is 30.9 Å². The fraction of sp³-hybridized carbons (Fsp3) is 0.750. The lowest BCUT2D eigenvalue weighted by molar-refractivity contribution is -0.124. The molecule has 5 heterocycles. The van der Waals surface area contributed by atoms with E-state index in [-0.39, 0.29) is 6.29 Å². The highest BCUT2D eigenvalue weighted by atomic mass is 35.5. The summed E-state index contributed by atoms with van der Waals surface area (Å²) in [6.07, 6.45) is 3.57. The van der Waals surface area contributed by atoms with E-state index in [4.69, 9.17) is 33.5 Å². The van der Waals surface area contributed by atoms with Gasteiger partial charge in [-0.15, -0.1) is 0 Å². The Hall–Kier alpha value is -1.17. The van der Waals surface area contributed by atoms with Crippen LogP contribution in [0.4, 0.5) is 5.69 Å². The molecule has 2 bridgehead atoms. The molecular formula is C24H41ClN8O. The Morgan fingerprint density at radius 1 is 1.03 bits per heavy atom. The number of fused-ring (bicyclic) bond motifs is 3. The Bertz CT molecular complexity index is 852. The number of hydrogen-bond acceptors (Lipinski definition) is 9. The van der Waals surface area contributed by atoms with Crippen molar-refractivity contribution in [3.8, 4) is 5.75 Å². The summed E-state index contributed by atoms with van der Waals surface area (Å²) in [5.41, 5.74) is 21.9. The second kappa shape index (κ2) is 10.1. The number of hydrogen-bond donors (Lipinski definition) is 3. The van der Waals surface area contributed by atoms with Gasteiger partial charge in [-0.3, -0.25) is 16.4 Å². The summed E-state index contributed by atoms with van der Waals surface area (Å²) in [6.45, 7) is 8.60. The number of likely N-dealkylation sites (tertiary alicyclic amines) is 1. The molecule has 6 rings (SSSR count). The molecule has 6 N–H and O–H groups in total. The molecule has 0 aliphatic carbocycles. The van der Waals surface area contributed by atoms with Gasteiger partial charge in [-0.25, -0.2) is 9.80 Å². The van der Waals surface area contributed by atoms with Gasteiger partial charge in [-0.2, -0.15) is 0 Å². The first-order valence-corrected chi connectivity index (χ1v) is 13.2. The third-order valence-electron chi connectivity index (χ3n) is 8.63. The van der Waals surface area contributed by atoms with Gasteiger partial charge in [0.25, 0.3) is 0 Å². The predicted molar refractivity (Wildman–Crippen MR) is 136 cm³/mol. The molecule has 5 aliphatic heterocycles. The van der Waals surface area contributed by atoms with Crippen LogP contribution in [0.3, 0.4) is 0 Å². The summed E-state index contributed by atoms with van der Waals surface area (Å²) in [6, 6.07) is 6.53. The monoisotopic (exact) mass is 492 g/mol. The van der Waals surface area contributed by atoms with Crippen LogP contribution >= 0.6 is 11.6 Å². The molecule has 5 atom stereocenters. The molecule has 5 aliphatic rings. The molecule has 1 aromatic carbocycles. The molecule has 0 amide bonds. The van der Waals surface area contributed by atoms with Crippen LogP contribution in [-0.2, 0) is 0 Å². The van der Waals surface area contributed by atoms with Gasteiger partial charge in [0.05, 0.1) is 12.1 Å². The lowest BCUT2D eigenvalue weighted by atomic mass is 9.83. The molecule has 5 unspecified atom stereocenters. The van der Waals surface area contributed by atoms with Gasteiger partial charge in [0.15, 0.2) is 0 Å². The lowest BCUT2D eigenvalue weighted by Crippen LogP contribution is -2.82. The van der Waals surface area contributed by atoms with Crippen molar-refractivity contribution < 1.29 is 4.74 Å². The van der Waals surface area contributed by atoms with Crippen LogP contribution in [0.15, 0.2) is 18.2 Å². The molecule has 5 saturated heterocycles. The zero-order valence-electron chi connectivity index (χ0n) is 20.5. The summed E-state index contributed by atoms with van der Waals surface area (Å²) >= 11 is 6.52. The van der Waals surface area contributed by atoms with Crippen molar-refractivity contribution in [2.75, 3.05) is 51.3 Å². The van der Waals surface area contributed by atoms with Crippen LogP contribution in [0.1, 0.15) is 32.6 Å². The van der Waals surface area contributed by atoms with Crippen molar-refractivity contribution in [3.05, 3.63) is 23.2 Å². The van der Waals surface area contributed by atoms with Crippen molar-refractivity contribution in [2.45, 2.75) is 63.6 Å². The maximum absolute atomic E-state index is 7.03. The van der Waals surface area contributed by atoms with Crippen molar-refractivity contribution in [1.82, 2.24) is 19.6 Å². The molecule has 5 fully saturated rings. The number of nitrogens with two attached hydrogens (primary N) is 3. The van der Waals surface area contributed by atoms with Crippen molar-refractivity contribution in [2.24, 2.45) is 23.1 Å². The van der Waals surface area contributed by atoms with Gasteiger partial charge in [-0.1, -0.05) is 18.5 Å². The average Bonchev–Trinajstić information content (AvgIpc) is 3.30. The van der Waals surface area contributed by atoms with E-state index in [1.54, 1.807) is 7.11 Å². The topological polar surface area (TPSA) is 103 Å². The molecule has 34 heavy (non-hydrogen) atoms. The van der Waals surface area contributed by atoms with Gasteiger partial charge >= 0.3 is 0 Å². The number of rotatable bonds is 6. The molecule has 0 radical (unpaired) electrons. The maximum Gasteiger partial charge on any atom is 0.139 e. The normalized spacial score (nSPS) is 37.5. The summed E-state index contributed by atoms with van der Waals surface area (Å²) in [5.74, 6) is 1.25. The summed E-state index contributed by atoms with van der Waals surface area (Å²) in [5, 5.41) is 0.545. The zero-order chi connectivity index (χ0) is 24.0. The summed E-state index contributed by atoms with van der Waals surface area (Å²) in [4.78, 5) is 11.7. The van der Waals surface area contributed by atoms with Crippen LogP contribution in [0.5, 0.6) is 5.75 Å². The standard InChI is InChI=1S/C24H41ClN8O/c1-3-30-10-4-5-18(30)14-31-22(26)32(17-6-7-21(34-2)19(25)13-17)24(28)33(23(31)27)20-15-29-11-8-16(20)9-12-29/h6-7,13,16,18,20,22-24H,3-5,8-12,14-15,26-28H2,1-2H3. The Labute approximate surface area is 208 Å². The summed E-state index contributed by atoms with van der Waals surface area (Å²) in [7, 11) is 1.62. The first kappa shape index (κ1) is 24.5. The minimum Gasteiger partial charge on any atom is -0.495 e. The van der Waals surface area contributed by atoms with Gasteiger partial charge in [-0.05, 0) is 76.0 Å². The van der Waals surface area contributed by atoms with Crippen LogP contribution in [0.25, 0.3) is 0 Å². The second-order valence-corrected chi connectivity index (χ2v) is 10.6. The van der Waals surface area contributed by atoms with Crippen LogP contribution in [-0.4, -0.2) is 96.9 Å². The number of piperidine rings is 3. The van der Waals surface area contributed by atoms with E-state index in [0.29, 0.717) is 28.8 Å². The highest BCUT2D eigenvalue weighted by Gasteiger charge is 2.49. The fourth-order valence-electron chi connectivity index (χ4n) is 6.71. The third-order valence-corrected chi connectivity index (χ3v) is 8.92. The van der Waals surface area contributed by atoms with Crippen LogP contribution in [0, 0.1) is 5.92 Å². The number of methoxy groups -OCH3 is 1. The Kier molecular flexibility index (Phi) is 7.26. The third kappa shape index (κ3) is 4.30. The van der Waals surface area contributed by atoms with Crippen LogP contribution in [0.2, 0.25) is 5.02 Å². The second-order valence-electron chi connectivity index (χ2n) is 10.2. The molecule has 1 aromatic rings. The number of benzene rings is 1. The Morgan fingerprint density at radius 2 is 1.79 bits per heavy atom. The largest absolute Gasteiger partial charge is 0.495 e. The molecule has 0 aromatic heterocycles. The number of ether oxygens (including phenoxy) is 1. The van der Waals surface area contributed by atoms with E-state index < -0.39 is 12.6 Å². The molecule has 190 valence electrons. The highest BCUT2D eigenvalue weighted by molar-refractivity contribution is 6.32. The number of likely N-dealkylation sites (N-methyl/N-ethyl adjacent to an activating group) is 1. The quantitative estimate of drug-likeness (QED) is 0.538. The number of halogens is 1. The van der Waals surface area contributed by atoms with Crippen molar-refractivity contribution >= 4 is 17.3 Å². The first-order chi connectivity index (χ1) is 16.4. The van der Waals surface area contributed by atoms with Gasteiger partial charge in [0.1, 0.15) is 24.6 Å². The Balaban J connectivity index is 1.49. The van der Waals surface area contributed by atoms with Crippen LogP contribution < -0.4 is 26.8 Å². The summed E-state index contributed by atoms with van der Waals surface area (Å²) < 4.78 is 5.38. The van der Waals surface area contributed by atoms with E-state index >= 15 is 0 Å². The predicted octanol–water partition coefficient (Wildman–Crippen LogP) is 1.08. The van der Waals surface area contributed by atoms with Crippen molar-refractivity contribution in [3.63, 3.8) is 0 Å². The first-order valence-electron chi connectivity index (χ1n) is 12.8. The highest BCUT2D eigenvalue weighted by Crippen LogP contribution is 2.38. The van der Waals surface area contributed by atoms with E-state index in [1.165, 1.54) is 38.8 Å². The van der Waals surface area contributed by atoms with E-state index in [1.807, 2.05) is 18.2 Å². The van der Waals surface area contributed by atoms with E-state index in [2.05, 4.69) is 31.4 Å². The smallest absolute Gasteiger partial charge is 0.139 e. The fourth-order valence-corrected chi connectivity index (χ4v) is 6.96. The van der Waals surface area contributed by atoms with Gasteiger partial charge in [0.2, 0.25) is 0 Å². The minimum absolute atomic E-state index is 0.310. The number of nitrogens with zero attached hydrogens (tertiary/aromatic N) is 5. The maximum atomic E-state index is 7.03. The number of anilines is 1. The van der Waals surface area contributed by atoms with Crippen molar-refractivity contribution in [1.29, 1.82) is 0 Å². The average molecular weight is 493 g/mol.